The number of carbonyl (C=O) groups is 1. The van der Waals surface area contributed by atoms with Crippen molar-refractivity contribution in [3.63, 3.8) is 0 Å². The molecule has 0 fully saturated rings. The van der Waals surface area contributed by atoms with Crippen molar-refractivity contribution in [3.8, 4) is 5.75 Å². The second kappa shape index (κ2) is 7.39. The number of amides is 1. The first-order valence-corrected chi connectivity index (χ1v) is 7.46. The quantitative estimate of drug-likeness (QED) is 0.743. The molecule has 25 heavy (non-hydrogen) atoms. The number of aromatic nitrogens is 2. The van der Waals surface area contributed by atoms with E-state index < -0.39 is 5.91 Å². The molecule has 0 atom stereocenters. The minimum absolute atomic E-state index is 0.157. The van der Waals surface area contributed by atoms with Gasteiger partial charge >= 0.3 is 0 Å². The van der Waals surface area contributed by atoms with Crippen LogP contribution in [-0.4, -0.2) is 23.2 Å². The van der Waals surface area contributed by atoms with Gasteiger partial charge in [0.1, 0.15) is 11.6 Å². The molecular weight excluding hydrogens is 323 g/mol. The maximum absolute atomic E-state index is 12.9. The molecule has 126 valence electrons. The van der Waals surface area contributed by atoms with Crippen LogP contribution in [0.25, 0.3) is 0 Å². The number of halogens is 1. The molecule has 0 saturated heterocycles. The van der Waals surface area contributed by atoms with Crippen LogP contribution in [0.3, 0.4) is 0 Å². The van der Waals surface area contributed by atoms with Crippen molar-refractivity contribution in [1.29, 1.82) is 0 Å². The van der Waals surface area contributed by atoms with E-state index in [-0.39, 0.29) is 11.5 Å². The molecule has 2 N–H and O–H groups in total. The van der Waals surface area contributed by atoms with Gasteiger partial charge in [0.05, 0.1) is 7.11 Å². The number of nitrogens with one attached hydrogen (secondary N) is 2. The highest BCUT2D eigenvalue weighted by molar-refractivity contribution is 6.02. The van der Waals surface area contributed by atoms with Gasteiger partial charge in [0.15, 0.2) is 11.5 Å². The van der Waals surface area contributed by atoms with Gasteiger partial charge in [0.2, 0.25) is 0 Å². The molecule has 0 bridgehead atoms. The summed E-state index contributed by atoms with van der Waals surface area (Å²) in [7, 11) is 1.60. The zero-order valence-corrected chi connectivity index (χ0v) is 13.4. The van der Waals surface area contributed by atoms with Gasteiger partial charge in [-0.2, -0.15) is 0 Å². The first kappa shape index (κ1) is 16.4. The zero-order chi connectivity index (χ0) is 17.6. The van der Waals surface area contributed by atoms with Crippen LogP contribution < -0.4 is 15.4 Å². The van der Waals surface area contributed by atoms with E-state index in [1.54, 1.807) is 19.2 Å². The van der Waals surface area contributed by atoms with Crippen LogP contribution in [0.2, 0.25) is 0 Å². The number of hydrogen-bond acceptors (Lipinski definition) is 5. The molecule has 2 aromatic carbocycles. The summed E-state index contributed by atoms with van der Waals surface area (Å²) >= 11 is 0. The first-order valence-electron chi connectivity index (χ1n) is 7.46. The molecule has 0 spiro atoms. The molecule has 0 aliphatic carbocycles. The lowest BCUT2D eigenvalue weighted by molar-refractivity contribution is 0.102. The highest BCUT2D eigenvalue weighted by Crippen LogP contribution is 2.18. The van der Waals surface area contributed by atoms with Crippen LogP contribution >= 0.6 is 0 Å². The van der Waals surface area contributed by atoms with Gasteiger partial charge in [-0.15, -0.1) is 10.2 Å². The summed E-state index contributed by atoms with van der Waals surface area (Å²) in [4.78, 5) is 12.1. The third-order valence-electron chi connectivity index (χ3n) is 3.36. The van der Waals surface area contributed by atoms with Crippen molar-refractivity contribution < 1.29 is 13.9 Å². The molecule has 0 aliphatic rings. The molecule has 7 heteroatoms. The number of benzene rings is 2. The average Bonchev–Trinajstić information content (AvgIpc) is 2.65. The van der Waals surface area contributed by atoms with Crippen molar-refractivity contribution in [3.05, 3.63) is 72.2 Å². The number of carbonyl (C=O) groups excluding carboxylic acids is 1. The molecule has 0 unspecified atom stereocenters. The number of methoxy groups -OCH3 is 1. The van der Waals surface area contributed by atoms with Crippen LogP contribution in [0.15, 0.2) is 60.7 Å². The second-order valence-electron chi connectivity index (χ2n) is 5.12. The van der Waals surface area contributed by atoms with E-state index in [2.05, 4.69) is 20.8 Å². The van der Waals surface area contributed by atoms with Crippen molar-refractivity contribution in [1.82, 2.24) is 10.2 Å². The Morgan fingerprint density at radius 2 is 1.60 bits per heavy atom. The Labute approximate surface area is 143 Å². The Morgan fingerprint density at radius 3 is 2.20 bits per heavy atom. The van der Waals surface area contributed by atoms with Crippen molar-refractivity contribution in [2.45, 2.75) is 0 Å². The molecule has 0 saturated carbocycles. The van der Waals surface area contributed by atoms with Gasteiger partial charge in [0.25, 0.3) is 5.91 Å². The Bertz CT molecular complexity index is 850. The van der Waals surface area contributed by atoms with Crippen LogP contribution in [0.1, 0.15) is 10.5 Å². The third kappa shape index (κ3) is 4.29. The smallest absolute Gasteiger partial charge is 0.276 e. The highest BCUT2D eigenvalue weighted by atomic mass is 19.1. The van der Waals surface area contributed by atoms with E-state index in [4.69, 9.17) is 4.74 Å². The lowest BCUT2D eigenvalue weighted by Gasteiger charge is -2.07. The first-order chi connectivity index (χ1) is 12.1. The molecule has 1 heterocycles. The van der Waals surface area contributed by atoms with Crippen molar-refractivity contribution >= 4 is 23.1 Å². The fraction of sp³-hybridized carbons (Fsp3) is 0.0556. The number of hydrogen-bond donors (Lipinski definition) is 2. The Morgan fingerprint density at radius 1 is 0.920 bits per heavy atom. The normalized spacial score (nSPS) is 10.2. The van der Waals surface area contributed by atoms with Crippen LogP contribution in [0.5, 0.6) is 5.75 Å². The van der Waals surface area contributed by atoms with Gasteiger partial charge in [-0.1, -0.05) is 0 Å². The van der Waals surface area contributed by atoms with Gasteiger partial charge in [0, 0.05) is 11.4 Å². The second-order valence-corrected chi connectivity index (χ2v) is 5.12. The summed E-state index contributed by atoms with van der Waals surface area (Å²) < 4.78 is 18.0. The fourth-order valence-corrected chi connectivity index (χ4v) is 2.07. The van der Waals surface area contributed by atoms with E-state index >= 15 is 0 Å². The third-order valence-corrected chi connectivity index (χ3v) is 3.36. The Hall–Kier alpha value is -3.48. The van der Waals surface area contributed by atoms with Crippen LogP contribution in [0.4, 0.5) is 21.6 Å². The van der Waals surface area contributed by atoms with Crippen LogP contribution in [-0.2, 0) is 0 Å². The van der Waals surface area contributed by atoms with E-state index in [0.717, 1.165) is 11.4 Å². The average molecular weight is 338 g/mol. The summed E-state index contributed by atoms with van der Waals surface area (Å²) in [5.74, 6) is 0.467. The van der Waals surface area contributed by atoms with Crippen LogP contribution in [0, 0.1) is 5.82 Å². The van der Waals surface area contributed by atoms with E-state index in [0.29, 0.717) is 11.5 Å². The highest BCUT2D eigenvalue weighted by Gasteiger charge is 2.09. The molecule has 1 aromatic heterocycles. The molecule has 0 aliphatic heterocycles. The molecule has 1 amide bonds. The van der Waals surface area contributed by atoms with Gasteiger partial charge in [-0.3, -0.25) is 4.79 Å². The van der Waals surface area contributed by atoms with E-state index in [9.17, 15) is 9.18 Å². The Balaban J connectivity index is 1.64. The fourth-order valence-electron chi connectivity index (χ4n) is 2.07. The van der Waals surface area contributed by atoms with Gasteiger partial charge in [-0.25, -0.2) is 4.39 Å². The maximum atomic E-state index is 12.9. The number of anilines is 3. The largest absolute Gasteiger partial charge is 0.497 e. The molecule has 3 rings (SSSR count). The lowest BCUT2D eigenvalue weighted by Crippen LogP contribution is -2.14. The van der Waals surface area contributed by atoms with Crippen molar-refractivity contribution in [2.75, 3.05) is 17.7 Å². The predicted octanol–water partition coefficient (Wildman–Crippen LogP) is 3.62. The monoisotopic (exact) mass is 338 g/mol. The minimum atomic E-state index is -0.421. The van der Waals surface area contributed by atoms with E-state index in [1.165, 1.54) is 24.3 Å². The standard InChI is InChI=1S/C18H15FN4O2/c1-25-15-8-6-13(7-9-15)20-17-11-10-16(22-23-17)18(24)21-14-4-2-12(19)3-5-14/h2-11H,1H3,(H,20,23)(H,21,24). The molecular formula is C18H15FN4O2. The predicted molar refractivity (Wildman–Crippen MR) is 92.7 cm³/mol. The maximum Gasteiger partial charge on any atom is 0.276 e. The number of ether oxygens (including phenoxy) is 1. The zero-order valence-electron chi connectivity index (χ0n) is 13.4. The summed E-state index contributed by atoms with van der Waals surface area (Å²) in [5, 5.41) is 13.6. The summed E-state index contributed by atoms with van der Waals surface area (Å²) in [6.45, 7) is 0. The van der Waals surface area contributed by atoms with Gasteiger partial charge < -0.3 is 15.4 Å². The van der Waals surface area contributed by atoms with Gasteiger partial charge in [-0.05, 0) is 60.7 Å². The molecule has 3 aromatic rings. The van der Waals surface area contributed by atoms with E-state index in [1.807, 2.05) is 24.3 Å². The molecule has 6 nitrogen and oxygen atoms in total. The minimum Gasteiger partial charge on any atom is -0.497 e. The summed E-state index contributed by atoms with van der Waals surface area (Å²) in [6, 6.07) is 16.0. The number of nitrogens with zero attached hydrogens (tertiary/aromatic N) is 2. The summed E-state index contributed by atoms with van der Waals surface area (Å²) in [6.07, 6.45) is 0. The van der Waals surface area contributed by atoms with Crippen molar-refractivity contribution in [2.24, 2.45) is 0 Å². The summed E-state index contributed by atoms with van der Waals surface area (Å²) in [5.41, 5.74) is 1.46. The number of rotatable bonds is 5. The topological polar surface area (TPSA) is 76.1 Å². The Kier molecular flexibility index (Phi) is 4.84. The lowest BCUT2D eigenvalue weighted by atomic mass is 10.3. The molecule has 0 radical (unpaired) electrons. The SMILES string of the molecule is COc1ccc(Nc2ccc(C(=O)Nc3ccc(F)cc3)nn2)cc1.